The summed E-state index contributed by atoms with van der Waals surface area (Å²) in [6.07, 6.45) is 6.13. The first kappa shape index (κ1) is 14.6. The van der Waals surface area contributed by atoms with E-state index in [-0.39, 0.29) is 5.82 Å². The van der Waals surface area contributed by atoms with Crippen molar-refractivity contribution in [1.82, 2.24) is 4.90 Å². The Bertz CT molecular complexity index is 552. The van der Waals surface area contributed by atoms with Gasteiger partial charge in [0.25, 0.3) is 0 Å². The van der Waals surface area contributed by atoms with Crippen molar-refractivity contribution < 1.29 is 9.13 Å². The Morgan fingerprint density at radius 2 is 2.10 bits per heavy atom. The monoisotopic (exact) mass is 289 g/mol. The van der Waals surface area contributed by atoms with E-state index in [0.717, 1.165) is 17.9 Å². The summed E-state index contributed by atoms with van der Waals surface area (Å²) in [7, 11) is 5.83. The molecule has 2 aliphatic carbocycles. The number of hydrogen-bond acceptors (Lipinski definition) is 2. The van der Waals surface area contributed by atoms with Gasteiger partial charge in [-0.3, -0.25) is 0 Å². The van der Waals surface area contributed by atoms with E-state index in [1.807, 2.05) is 6.07 Å². The number of nitrogens with zero attached hydrogens (tertiary/aromatic N) is 1. The fraction of sp³-hybridized carbons (Fsp3) is 0.556. The van der Waals surface area contributed by atoms with Crippen LogP contribution in [0.2, 0.25) is 0 Å². The number of benzene rings is 1. The van der Waals surface area contributed by atoms with Crippen molar-refractivity contribution in [3.8, 4) is 5.75 Å². The highest BCUT2D eigenvalue weighted by atomic mass is 19.1. The van der Waals surface area contributed by atoms with Crippen molar-refractivity contribution in [2.45, 2.75) is 19.3 Å². The third kappa shape index (κ3) is 2.84. The first-order valence-corrected chi connectivity index (χ1v) is 7.79. The number of fused-ring (bicyclic) bond motifs is 2. The lowest BCUT2D eigenvalue weighted by atomic mass is 9.76. The molecule has 2 aliphatic rings. The van der Waals surface area contributed by atoms with Crippen LogP contribution in [-0.2, 0) is 0 Å². The highest BCUT2D eigenvalue weighted by Crippen LogP contribution is 2.48. The molecule has 0 saturated heterocycles. The van der Waals surface area contributed by atoms with Gasteiger partial charge >= 0.3 is 0 Å². The molecule has 1 fully saturated rings. The molecule has 0 amide bonds. The topological polar surface area (TPSA) is 12.5 Å². The predicted molar refractivity (Wildman–Crippen MR) is 83.8 cm³/mol. The second-order valence-corrected chi connectivity index (χ2v) is 6.67. The fourth-order valence-electron chi connectivity index (χ4n) is 3.98. The second-order valence-electron chi connectivity index (χ2n) is 6.67. The van der Waals surface area contributed by atoms with Gasteiger partial charge in [0.2, 0.25) is 0 Å². The second kappa shape index (κ2) is 5.80. The summed E-state index contributed by atoms with van der Waals surface area (Å²) in [6, 6.07) is 5.07. The molecule has 0 aromatic heterocycles. The molecule has 3 atom stereocenters. The molecule has 2 unspecified atom stereocenters. The zero-order valence-corrected chi connectivity index (χ0v) is 13.1. The molecule has 3 heteroatoms. The maximum absolute atomic E-state index is 14.4. The SMILES string of the molecule is COc1ccc(F)c(C2=CC3CCC(C3)[C@@H]2CN(C)C)c1. The van der Waals surface area contributed by atoms with Crippen LogP contribution in [0.3, 0.4) is 0 Å². The first-order valence-electron chi connectivity index (χ1n) is 7.79. The van der Waals surface area contributed by atoms with Gasteiger partial charge in [-0.15, -0.1) is 0 Å². The standard InChI is InChI=1S/C18H24FNO/c1-20(2)11-17-13-5-4-12(8-13)9-15(17)16-10-14(21-3)6-7-18(16)19/h6-7,9-10,12-13,17H,4-5,8,11H2,1-3H3/t12?,13?,17-/m0/s1. The molecule has 0 heterocycles. The van der Waals surface area contributed by atoms with E-state index >= 15 is 0 Å². The molecule has 21 heavy (non-hydrogen) atoms. The molecule has 3 rings (SSSR count). The van der Waals surface area contributed by atoms with Crippen LogP contribution in [0.1, 0.15) is 24.8 Å². The lowest BCUT2D eigenvalue weighted by Crippen LogP contribution is -2.29. The van der Waals surface area contributed by atoms with E-state index in [1.165, 1.54) is 30.9 Å². The largest absolute Gasteiger partial charge is 0.497 e. The van der Waals surface area contributed by atoms with E-state index in [9.17, 15) is 4.39 Å². The Morgan fingerprint density at radius 3 is 2.81 bits per heavy atom. The Kier molecular flexibility index (Phi) is 4.03. The van der Waals surface area contributed by atoms with Gasteiger partial charge in [-0.05, 0) is 74.9 Å². The molecular weight excluding hydrogens is 265 g/mol. The van der Waals surface area contributed by atoms with Gasteiger partial charge in [0.05, 0.1) is 7.11 Å². The van der Waals surface area contributed by atoms with Crippen LogP contribution < -0.4 is 4.74 Å². The zero-order valence-electron chi connectivity index (χ0n) is 13.1. The highest BCUT2D eigenvalue weighted by Gasteiger charge is 2.38. The van der Waals surface area contributed by atoms with E-state index in [2.05, 4.69) is 25.1 Å². The maximum atomic E-state index is 14.4. The van der Waals surface area contributed by atoms with Crippen LogP contribution in [0.25, 0.3) is 5.57 Å². The van der Waals surface area contributed by atoms with Gasteiger partial charge in [-0.25, -0.2) is 4.39 Å². The minimum atomic E-state index is -0.132. The van der Waals surface area contributed by atoms with Crippen molar-refractivity contribution in [2.24, 2.45) is 17.8 Å². The van der Waals surface area contributed by atoms with Gasteiger partial charge in [-0.2, -0.15) is 0 Å². The summed E-state index contributed by atoms with van der Waals surface area (Å²) in [5.41, 5.74) is 1.93. The van der Waals surface area contributed by atoms with Gasteiger partial charge in [-0.1, -0.05) is 6.08 Å². The number of methoxy groups -OCH3 is 1. The van der Waals surface area contributed by atoms with Gasteiger partial charge in [0.15, 0.2) is 0 Å². The van der Waals surface area contributed by atoms with Crippen LogP contribution in [0, 0.1) is 23.6 Å². The van der Waals surface area contributed by atoms with Crippen molar-refractivity contribution in [3.63, 3.8) is 0 Å². The third-order valence-corrected chi connectivity index (χ3v) is 4.94. The molecule has 0 spiro atoms. The summed E-state index contributed by atoms with van der Waals surface area (Å²) in [6.45, 7) is 0.986. The normalized spacial score (nSPS) is 27.9. The quantitative estimate of drug-likeness (QED) is 0.835. The van der Waals surface area contributed by atoms with Gasteiger partial charge < -0.3 is 9.64 Å². The van der Waals surface area contributed by atoms with E-state index in [1.54, 1.807) is 13.2 Å². The third-order valence-electron chi connectivity index (χ3n) is 4.94. The maximum Gasteiger partial charge on any atom is 0.130 e. The molecular formula is C18H24FNO. The molecule has 1 aromatic carbocycles. The molecule has 0 N–H and O–H groups in total. The molecule has 2 nitrogen and oxygen atoms in total. The van der Waals surface area contributed by atoms with Crippen LogP contribution in [0.15, 0.2) is 24.3 Å². The number of allylic oxidation sites excluding steroid dienone is 1. The molecule has 1 aromatic rings. The molecule has 2 bridgehead atoms. The van der Waals surface area contributed by atoms with E-state index in [4.69, 9.17) is 4.74 Å². The van der Waals surface area contributed by atoms with Crippen molar-refractivity contribution in [3.05, 3.63) is 35.7 Å². The summed E-state index contributed by atoms with van der Waals surface area (Å²) in [5, 5.41) is 0. The lowest BCUT2D eigenvalue weighted by Gasteiger charge is -2.33. The average Bonchev–Trinajstić information content (AvgIpc) is 2.85. The molecule has 0 radical (unpaired) electrons. The smallest absolute Gasteiger partial charge is 0.130 e. The minimum Gasteiger partial charge on any atom is -0.497 e. The summed E-state index contributed by atoms with van der Waals surface area (Å²) in [5.74, 6) is 2.36. The van der Waals surface area contributed by atoms with E-state index in [0.29, 0.717) is 17.8 Å². The summed E-state index contributed by atoms with van der Waals surface area (Å²) >= 11 is 0. The van der Waals surface area contributed by atoms with Crippen molar-refractivity contribution in [2.75, 3.05) is 27.7 Å². The Balaban J connectivity index is 2.01. The van der Waals surface area contributed by atoms with Crippen molar-refractivity contribution in [1.29, 1.82) is 0 Å². The predicted octanol–water partition coefficient (Wildman–Crippen LogP) is 3.83. The van der Waals surface area contributed by atoms with E-state index < -0.39 is 0 Å². The first-order chi connectivity index (χ1) is 10.1. The lowest BCUT2D eigenvalue weighted by molar-refractivity contribution is 0.289. The number of halogens is 1. The minimum absolute atomic E-state index is 0.132. The van der Waals surface area contributed by atoms with Crippen LogP contribution in [0.4, 0.5) is 4.39 Å². The summed E-state index contributed by atoms with van der Waals surface area (Å²) < 4.78 is 19.6. The summed E-state index contributed by atoms with van der Waals surface area (Å²) in [4.78, 5) is 2.22. The molecule has 0 aliphatic heterocycles. The Morgan fingerprint density at radius 1 is 1.29 bits per heavy atom. The van der Waals surface area contributed by atoms with Crippen LogP contribution in [0.5, 0.6) is 5.75 Å². The number of hydrogen-bond donors (Lipinski definition) is 0. The van der Waals surface area contributed by atoms with Gasteiger partial charge in [0.1, 0.15) is 11.6 Å². The average molecular weight is 289 g/mol. The molecule has 1 saturated carbocycles. The molecule has 114 valence electrons. The van der Waals surface area contributed by atoms with Crippen LogP contribution in [-0.4, -0.2) is 32.6 Å². The van der Waals surface area contributed by atoms with Crippen molar-refractivity contribution >= 4 is 5.57 Å². The fourth-order valence-corrected chi connectivity index (χ4v) is 3.98. The Hall–Kier alpha value is -1.35. The number of ether oxygens (including phenoxy) is 1. The Labute approximate surface area is 126 Å². The zero-order chi connectivity index (χ0) is 15.0. The number of rotatable bonds is 4. The highest BCUT2D eigenvalue weighted by molar-refractivity contribution is 5.71. The van der Waals surface area contributed by atoms with Gasteiger partial charge in [0, 0.05) is 12.1 Å². The van der Waals surface area contributed by atoms with Crippen LogP contribution >= 0.6 is 0 Å².